The summed E-state index contributed by atoms with van der Waals surface area (Å²) < 4.78 is 33.6. The number of ether oxygens (including phenoxy) is 1. The van der Waals surface area contributed by atoms with E-state index in [1.54, 1.807) is 24.3 Å². The summed E-state index contributed by atoms with van der Waals surface area (Å²) in [6.45, 7) is 0.0807. The molecule has 1 aromatic heterocycles. The predicted molar refractivity (Wildman–Crippen MR) is 119 cm³/mol. The molecule has 1 heterocycles. The molecule has 0 spiro atoms. The summed E-state index contributed by atoms with van der Waals surface area (Å²) in [6, 6.07) is 16.0. The number of carbonyl (C=O) groups excluding carboxylic acids is 1. The van der Waals surface area contributed by atoms with Crippen molar-refractivity contribution in [3.8, 4) is 11.4 Å². The Balaban J connectivity index is 1.63. The van der Waals surface area contributed by atoms with Crippen LogP contribution in [0, 0.1) is 11.6 Å². The van der Waals surface area contributed by atoms with Crippen molar-refractivity contribution in [3.05, 3.63) is 106 Å². The lowest BCUT2D eigenvalue weighted by molar-refractivity contribution is 0.101. The zero-order valence-electron chi connectivity index (χ0n) is 16.4. The zero-order chi connectivity index (χ0) is 22.7. The van der Waals surface area contributed by atoms with E-state index in [-0.39, 0.29) is 28.9 Å². The maximum Gasteiger partial charge on any atom is 0.280 e. The fourth-order valence-electron chi connectivity index (χ4n) is 2.86. The van der Waals surface area contributed by atoms with Crippen LogP contribution in [0.3, 0.4) is 0 Å². The summed E-state index contributed by atoms with van der Waals surface area (Å²) in [5, 5.41) is 7.68. The second kappa shape index (κ2) is 9.38. The van der Waals surface area contributed by atoms with Gasteiger partial charge in [-0.05, 0) is 60.2 Å². The molecule has 0 aliphatic carbocycles. The topological polar surface area (TPSA) is 56.2 Å². The molecule has 0 saturated carbocycles. The molecule has 0 aliphatic heterocycles. The molecule has 0 aliphatic rings. The van der Waals surface area contributed by atoms with Crippen LogP contribution in [-0.4, -0.2) is 15.7 Å². The van der Waals surface area contributed by atoms with Gasteiger partial charge in [0.15, 0.2) is 11.4 Å². The van der Waals surface area contributed by atoms with E-state index in [1.165, 1.54) is 53.3 Å². The van der Waals surface area contributed by atoms with Crippen molar-refractivity contribution < 1.29 is 18.3 Å². The van der Waals surface area contributed by atoms with Gasteiger partial charge >= 0.3 is 0 Å². The van der Waals surface area contributed by atoms with Gasteiger partial charge in [-0.15, -0.1) is 0 Å². The number of carbonyl (C=O) groups is 1. The molecule has 32 heavy (non-hydrogen) atoms. The molecule has 0 bridgehead atoms. The molecule has 0 unspecified atom stereocenters. The molecule has 3 aromatic carbocycles. The van der Waals surface area contributed by atoms with E-state index < -0.39 is 11.7 Å². The van der Waals surface area contributed by atoms with Gasteiger partial charge < -0.3 is 10.1 Å². The zero-order valence-corrected chi connectivity index (χ0v) is 17.9. The summed E-state index contributed by atoms with van der Waals surface area (Å²) >= 11 is 12.1. The van der Waals surface area contributed by atoms with E-state index >= 15 is 0 Å². The summed E-state index contributed by atoms with van der Waals surface area (Å²) in [7, 11) is 0. The smallest absolute Gasteiger partial charge is 0.280 e. The maximum absolute atomic E-state index is 13.3. The number of nitrogens with zero attached hydrogens (tertiary/aromatic N) is 2. The Morgan fingerprint density at radius 2 is 1.62 bits per heavy atom. The van der Waals surface area contributed by atoms with Crippen LogP contribution < -0.4 is 10.1 Å². The van der Waals surface area contributed by atoms with Crippen molar-refractivity contribution in [1.29, 1.82) is 0 Å². The average Bonchev–Trinajstić information content (AvgIpc) is 3.20. The first kappa shape index (κ1) is 21.8. The average molecular weight is 474 g/mol. The molecule has 162 valence electrons. The molecular weight excluding hydrogens is 459 g/mol. The number of hydrogen-bond donors (Lipinski definition) is 1. The number of benzene rings is 3. The van der Waals surface area contributed by atoms with Gasteiger partial charge in [0.2, 0.25) is 0 Å². The van der Waals surface area contributed by atoms with Gasteiger partial charge in [0.1, 0.15) is 18.2 Å². The molecule has 1 N–H and O–H groups in total. The van der Waals surface area contributed by atoms with Crippen molar-refractivity contribution in [2.45, 2.75) is 6.61 Å². The molecule has 9 heteroatoms. The highest BCUT2D eigenvalue weighted by atomic mass is 35.5. The lowest BCUT2D eigenvalue weighted by Crippen LogP contribution is -2.15. The SMILES string of the molecule is O=C(Nc1ccc(Cl)cc1Cl)c1nn(-c2ccc(F)cc2)cc1OCc1ccc(F)cc1. The molecular formula is C23H15Cl2F2N3O2. The van der Waals surface area contributed by atoms with Gasteiger partial charge in [0, 0.05) is 5.02 Å². The summed E-state index contributed by atoms with van der Waals surface area (Å²) in [4.78, 5) is 13.0. The van der Waals surface area contributed by atoms with Crippen molar-refractivity contribution in [3.63, 3.8) is 0 Å². The van der Waals surface area contributed by atoms with Crippen molar-refractivity contribution >= 4 is 34.8 Å². The van der Waals surface area contributed by atoms with E-state index in [9.17, 15) is 13.6 Å². The minimum atomic E-state index is -0.566. The highest BCUT2D eigenvalue weighted by molar-refractivity contribution is 6.36. The van der Waals surface area contributed by atoms with Gasteiger partial charge in [-0.1, -0.05) is 35.3 Å². The van der Waals surface area contributed by atoms with E-state index in [0.29, 0.717) is 22.0 Å². The Labute approximate surface area is 192 Å². The second-order valence-electron chi connectivity index (χ2n) is 6.76. The number of halogens is 4. The van der Waals surface area contributed by atoms with Crippen molar-refractivity contribution in [2.24, 2.45) is 0 Å². The van der Waals surface area contributed by atoms with Gasteiger partial charge in [0.05, 0.1) is 22.6 Å². The van der Waals surface area contributed by atoms with Gasteiger partial charge in [-0.25, -0.2) is 13.5 Å². The van der Waals surface area contributed by atoms with E-state index in [2.05, 4.69) is 10.4 Å². The molecule has 1 amide bonds. The maximum atomic E-state index is 13.3. The molecule has 5 nitrogen and oxygen atoms in total. The van der Waals surface area contributed by atoms with Crippen LogP contribution in [0.5, 0.6) is 5.75 Å². The van der Waals surface area contributed by atoms with E-state index in [4.69, 9.17) is 27.9 Å². The number of amides is 1. The quantitative estimate of drug-likeness (QED) is 0.358. The Morgan fingerprint density at radius 3 is 2.28 bits per heavy atom. The van der Waals surface area contributed by atoms with Crippen LogP contribution >= 0.6 is 23.2 Å². The first-order valence-corrected chi connectivity index (χ1v) is 10.1. The van der Waals surface area contributed by atoms with Crippen molar-refractivity contribution in [2.75, 3.05) is 5.32 Å². The molecule has 4 rings (SSSR count). The largest absolute Gasteiger partial charge is 0.485 e. The summed E-state index contributed by atoms with van der Waals surface area (Å²) in [5.41, 5.74) is 1.57. The fraction of sp³-hybridized carbons (Fsp3) is 0.0435. The van der Waals surface area contributed by atoms with Gasteiger partial charge in [-0.3, -0.25) is 4.79 Å². The van der Waals surface area contributed by atoms with Crippen LogP contribution in [0.1, 0.15) is 16.1 Å². The van der Waals surface area contributed by atoms with E-state index in [1.807, 2.05) is 0 Å². The van der Waals surface area contributed by atoms with Crippen LogP contribution in [-0.2, 0) is 6.61 Å². The monoisotopic (exact) mass is 473 g/mol. The second-order valence-corrected chi connectivity index (χ2v) is 7.60. The molecule has 4 aromatic rings. The third-order valence-electron chi connectivity index (χ3n) is 4.47. The summed E-state index contributed by atoms with van der Waals surface area (Å²) in [5.74, 6) is -1.15. The summed E-state index contributed by atoms with van der Waals surface area (Å²) in [6.07, 6.45) is 1.51. The normalized spacial score (nSPS) is 10.8. The minimum absolute atomic E-state index is 0.0116. The van der Waals surface area contributed by atoms with E-state index in [0.717, 1.165) is 0 Å². The third kappa shape index (κ3) is 5.07. The Bertz CT molecular complexity index is 1260. The Hall–Kier alpha value is -3.42. The number of hydrogen-bond acceptors (Lipinski definition) is 3. The molecule has 0 atom stereocenters. The number of nitrogens with one attached hydrogen (secondary N) is 1. The highest BCUT2D eigenvalue weighted by Crippen LogP contribution is 2.28. The lowest BCUT2D eigenvalue weighted by atomic mass is 10.2. The van der Waals surface area contributed by atoms with Crippen molar-refractivity contribution in [1.82, 2.24) is 9.78 Å². The van der Waals surface area contributed by atoms with Crippen LogP contribution in [0.4, 0.5) is 14.5 Å². The van der Waals surface area contributed by atoms with Gasteiger partial charge in [0.25, 0.3) is 5.91 Å². The van der Waals surface area contributed by atoms with Crippen LogP contribution in [0.25, 0.3) is 5.69 Å². The Kier molecular flexibility index (Phi) is 6.39. The molecule has 0 radical (unpaired) electrons. The molecule has 0 saturated heterocycles. The standard InChI is InChI=1S/C23H15Cl2F2N3O2/c24-15-3-10-20(19(25)11-15)28-23(31)22-21(32-13-14-1-4-16(26)5-2-14)12-30(29-22)18-8-6-17(27)7-9-18/h1-12H,13H2,(H,28,31). The van der Waals surface area contributed by atoms with Crippen LogP contribution in [0.15, 0.2) is 72.9 Å². The van der Waals surface area contributed by atoms with Crippen LogP contribution in [0.2, 0.25) is 10.0 Å². The minimum Gasteiger partial charge on any atom is -0.485 e. The van der Waals surface area contributed by atoms with Gasteiger partial charge in [-0.2, -0.15) is 5.10 Å². The number of rotatable bonds is 6. The predicted octanol–water partition coefficient (Wildman–Crippen LogP) is 6.29. The Morgan fingerprint density at radius 1 is 0.969 bits per heavy atom. The third-order valence-corrected chi connectivity index (χ3v) is 5.02. The first-order chi connectivity index (χ1) is 15.4. The highest BCUT2D eigenvalue weighted by Gasteiger charge is 2.20. The fourth-order valence-corrected chi connectivity index (χ4v) is 3.32. The number of aromatic nitrogens is 2. The molecule has 0 fully saturated rings. The lowest BCUT2D eigenvalue weighted by Gasteiger charge is -2.08. The first-order valence-electron chi connectivity index (χ1n) is 9.38. The number of anilines is 1.